The van der Waals surface area contributed by atoms with Gasteiger partial charge in [0.15, 0.2) is 0 Å². The predicted molar refractivity (Wildman–Crippen MR) is 48.7 cm³/mol. The van der Waals surface area contributed by atoms with Crippen molar-refractivity contribution >= 4 is 6.29 Å². The molecule has 0 aromatic rings. The van der Waals surface area contributed by atoms with E-state index in [1.165, 1.54) is 12.8 Å². The first-order valence-corrected chi connectivity index (χ1v) is 4.66. The Hall–Kier alpha value is -0.850. The summed E-state index contributed by atoms with van der Waals surface area (Å²) in [6.07, 6.45) is 14.3. The molecule has 2 aliphatic rings. The lowest BCUT2D eigenvalue weighted by molar-refractivity contribution is -0.108. The number of aldehydes is 1. The first kappa shape index (κ1) is 7.78. The molecule has 0 aromatic carbocycles. The van der Waals surface area contributed by atoms with Gasteiger partial charge in [-0.25, -0.2) is 0 Å². The van der Waals surface area contributed by atoms with Gasteiger partial charge >= 0.3 is 0 Å². The minimum atomic E-state index is 0.265. The minimum Gasteiger partial charge on any atom is -0.303 e. The Kier molecular flexibility index (Phi) is 1.87. The SMILES string of the molecule is O=CCCC12C=CCC1CC=C2. The highest BCUT2D eigenvalue weighted by Gasteiger charge is 2.38. The molecule has 0 amide bonds. The summed E-state index contributed by atoms with van der Waals surface area (Å²) in [6.45, 7) is 0. The molecule has 0 heterocycles. The molecule has 0 unspecified atom stereocenters. The summed E-state index contributed by atoms with van der Waals surface area (Å²) in [6, 6.07) is 0. The first-order chi connectivity index (χ1) is 5.87. The van der Waals surface area contributed by atoms with Crippen molar-refractivity contribution in [1.82, 2.24) is 0 Å². The van der Waals surface area contributed by atoms with Gasteiger partial charge in [0, 0.05) is 11.8 Å². The fourth-order valence-electron chi connectivity index (χ4n) is 2.45. The molecule has 0 spiro atoms. The van der Waals surface area contributed by atoms with E-state index in [4.69, 9.17) is 0 Å². The fourth-order valence-corrected chi connectivity index (χ4v) is 2.45. The Morgan fingerprint density at radius 2 is 2.00 bits per heavy atom. The van der Waals surface area contributed by atoms with Crippen molar-refractivity contribution in [2.75, 3.05) is 0 Å². The highest BCUT2D eigenvalue weighted by atomic mass is 16.1. The molecule has 0 aromatic heterocycles. The van der Waals surface area contributed by atoms with E-state index in [-0.39, 0.29) is 5.41 Å². The molecule has 0 N–H and O–H groups in total. The van der Waals surface area contributed by atoms with Crippen LogP contribution in [0.5, 0.6) is 0 Å². The smallest absolute Gasteiger partial charge is 0.120 e. The van der Waals surface area contributed by atoms with Crippen molar-refractivity contribution in [3.05, 3.63) is 24.3 Å². The zero-order valence-corrected chi connectivity index (χ0v) is 7.20. The normalized spacial score (nSPS) is 37.2. The van der Waals surface area contributed by atoms with Crippen LogP contribution >= 0.6 is 0 Å². The molecule has 64 valence electrons. The maximum Gasteiger partial charge on any atom is 0.120 e. The number of rotatable bonds is 3. The average molecular weight is 162 g/mol. The van der Waals surface area contributed by atoms with E-state index in [0.29, 0.717) is 6.42 Å². The van der Waals surface area contributed by atoms with Gasteiger partial charge < -0.3 is 4.79 Å². The number of carbonyl (C=O) groups excluding carboxylic acids is 1. The molecule has 0 aliphatic heterocycles. The third-order valence-corrected chi connectivity index (χ3v) is 3.15. The second-order valence-electron chi connectivity index (χ2n) is 3.79. The summed E-state index contributed by atoms with van der Waals surface area (Å²) in [7, 11) is 0. The third kappa shape index (κ3) is 1.04. The Morgan fingerprint density at radius 1 is 1.33 bits per heavy atom. The van der Waals surface area contributed by atoms with Crippen molar-refractivity contribution in [2.24, 2.45) is 11.3 Å². The van der Waals surface area contributed by atoms with Crippen LogP contribution in [0.1, 0.15) is 25.7 Å². The van der Waals surface area contributed by atoms with Crippen LogP contribution in [0.25, 0.3) is 0 Å². The summed E-state index contributed by atoms with van der Waals surface area (Å²) in [5, 5.41) is 0. The molecular weight excluding hydrogens is 148 g/mol. The lowest BCUT2D eigenvalue weighted by Gasteiger charge is -2.26. The lowest BCUT2D eigenvalue weighted by atomic mass is 9.78. The quantitative estimate of drug-likeness (QED) is 0.460. The van der Waals surface area contributed by atoms with Crippen molar-refractivity contribution in [3.8, 4) is 0 Å². The molecule has 0 atom stereocenters. The maximum absolute atomic E-state index is 10.3. The Morgan fingerprint density at radius 3 is 2.58 bits per heavy atom. The minimum absolute atomic E-state index is 0.265. The van der Waals surface area contributed by atoms with Crippen molar-refractivity contribution in [3.63, 3.8) is 0 Å². The molecule has 0 saturated heterocycles. The highest BCUT2D eigenvalue weighted by Crippen LogP contribution is 2.48. The van der Waals surface area contributed by atoms with Gasteiger partial charge in [-0.1, -0.05) is 24.3 Å². The van der Waals surface area contributed by atoms with Crippen LogP contribution in [-0.4, -0.2) is 6.29 Å². The Labute approximate surface area is 73.2 Å². The van der Waals surface area contributed by atoms with Crippen LogP contribution < -0.4 is 0 Å². The molecule has 0 fully saturated rings. The van der Waals surface area contributed by atoms with E-state index in [0.717, 1.165) is 18.6 Å². The summed E-state index contributed by atoms with van der Waals surface area (Å²) in [5.41, 5.74) is 0.265. The van der Waals surface area contributed by atoms with Crippen molar-refractivity contribution in [2.45, 2.75) is 25.7 Å². The van der Waals surface area contributed by atoms with E-state index in [9.17, 15) is 4.79 Å². The number of fused-ring (bicyclic) bond motifs is 1. The van der Waals surface area contributed by atoms with Crippen LogP contribution in [0.15, 0.2) is 24.3 Å². The molecule has 2 rings (SSSR count). The maximum atomic E-state index is 10.3. The number of carbonyl (C=O) groups is 1. The predicted octanol–water partition coefficient (Wildman–Crippen LogP) is 2.49. The molecule has 12 heavy (non-hydrogen) atoms. The highest BCUT2D eigenvalue weighted by molar-refractivity contribution is 5.50. The zero-order valence-electron chi connectivity index (χ0n) is 7.20. The van der Waals surface area contributed by atoms with Gasteiger partial charge in [-0.05, 0) is 25.2 Å². The molecular formula is C11H14O. The monoisotopic (exact) mass is 162 g/mol. The summed E-state index contributed by atoms with van der Waals surface area (Å²) < 4.78 is 0. The van der Waals surface area contributed by atoms with E-state index >= 15 is 0 Å². The summed E-state index contributed by atoms with van der Waals surface area (Å²) in [4.78, 5) is 10.3. The van der Waals surface area contributed by atoms with E-state index in [1.54, 1.807) is 0 Å². The molecule has 0 bridgehead atoms. The number of hydrogen-bond acceptors (Lipinski definition) is 1. The van der Waals surface area contributed by atoms with Gasteiger partial charge in [0.05, 0.1) is 0 Å². The van der Waals surface area contributed by atoms with E-state index in [1.807, 2.05) is 0 Å². The third-order valence-electron chi connectivity index (χ3n) is 3.15. The molecule has 1 heteroatoms. The summed E-state index contributed by atoms with van der Waals surface area (Å²) >= 11 is 0. The fraction of sp³-hybridized carbons (Fsp3) is 0.545. The van der Waals surface area contributed by atoms with Crippen LogP contribution in [0.3, 0.4) is 0 Å². The number of allylic oxidation sites excluding steroid dienone is 4. The van der Waals surface area contributed by atoms with Gasteiger partial charge in [0.1, 0.15) is 6.29 Å². The van der Waals surface area contributed by atoms with Crippen LogP contribution in [0, 0.1) is 11.3 Å². The number of hydrogen-bond donors (Lipinski definition) is 0. The van der Waals surface area contributed by atoms with Crippen LogP contribution in [-0.2, 0) is 4.79 Å². The van der Waals surface area contributed by atoms with Gasteiger partial charge in [0.2, 0.25) is 0 Å². The second-order valence-corrected chi connectivity index (χ2v) is 3.79. The van der Waals surface area contributed by atoms with Crippen LogP contribution in [0.4, 0.5) is 0 Å². The lowest BCUT2D eigenvalue weighted by Crippen LogP contribution is -2.18. The van der Waals surface area contributed by atoms with Crippen molar-refractivity contribution in [1.29, 1.82) is 0 Å². The molecule has 0 radical (unpaired) electrons. The van der Waals surface area contributed by atoms with E-state index in [2.05, 4.69) is 24.3 Å². The average Bonchev–Trinajstić information content (AvgIpc) is 2.58. The van der Waals surface area contributed by atoms with Gasteiger partial charge in [-0.15, -0.1) is 0 Å². The van der Waals surface area contributed by atoms with Gasteiger partial charge in [-0.3, -0.25) is 0 Å². The molecule has 1 nitrogen and oxygen atoms in total. The van der Waals surface area contributed by atoms with Gasteiger partial charge in [0.25, 0.3) is 0 Å². The second kappa shape index (κ2) is 2.89. The van der Waals surface area contributed by atoms with Gasteiger partial charge in [-0.2, -0.15) is 0 Å². The Bertz CT molecular complexity index is 221. The van der Waals surface area contributed by atoms with Crippen molar-refractivity contribution < 1.29 is 4.79 Å². The first-order valence-electron chi connectivity index (χ1n) is 4.66. The largest absolute Gasteiger partial charge is 0.303 e. The molecule has 2 aliphatic carbocycles. The summed E-state index contributed by atoms with van der Waals surface area (Å²) in [5.74, 6) is 0.762. The van der Waals surface area contributed by atoms with E-state index < -0.39 is 0 Å². The molecule has 0 saturated carbocycles. The standard InChI is InChI=1S/C11H14O/c12-9-3-8-11-6-1-4-10(11)5-2-7-11/h1-2,6-7,9-10H,3-5,8H2. The Balaban J connectivity index is 2.11. The topological polar surface area (TPSA) is 17.1 Å². The zero-order chi connectivity index (χ0) is 8.44. The van der Waals surface area contributed by atoms with Crippen LogP contribution in [0.2, 0.25) is 0 Å².